The zero-order valence-corrected chi connectivity index (χ0v) is 16.4. The molecule has 2 rings (SSSR count). The lowest BCUT2D eigenvalue weighted by atomic mass is 10.1. The second-order valence-electron chi connectivity index (χ2n) is 6.36. The van der Waals surface area contributed by atoms with Gasteiger partial charge in [-0.1, -0.05) is 6.07 Å². The van der Waals surface area contributed by atoms with Crippen LogP contribution in [0.3, 0.4) is 0 Å². The van der Waals surface area contributed by atoms with Crippen molar-refractivity contribution in [3.8, 4) is 0 Å². The first kappa shape index (κ1) is 20.4. The van der Waals surface area contributed by atoms with E-state index in [-0.39, 0.29) is 10.5 Å². The van der Waals surface area contributed by atoms with Crippen molar-refractivity contribution in [3.63, 3.8) is 0 Å². The van der Waals surface area contributed by atoms with E-state index in [4.69, 9.17) is 5.11 Å². The van der Waals surface area contributed by atoms with E-state index < -0.39 is 27.9 Å². The Morgan fingerprint density at radius 2 is 1.63 bits per heavy atom. The molecule has 0 aliphatic carbocycles. The molecule has 0 aliphatic heterocycles. The molecule has 1 unspecified atom stereocenters. The average molecular weight is 390 g/mol. The fraction of sp³-hybridized carbons (Fsp3) is 0.263. The van der Waals surface area contributed by atoms with Gasteiger partial charge in [-0.05, 0) is 68.3 Å². The second kappa shape index (κ2) is 7.79. The molecule has 1 atom stereocenters. The number of carbonyl (C=O) groups excluding carboxylic acids is 1. The number of nitrogens with one attached hydrogen (secondary N) is 1. The van der Waals surface area contributed by atoms with E-state index in [0.717, 1.165) is 16.0 Å². The van der Waals surface area contributed by atoms with Crippen molar-refractivity contribution in [3.05, 3.63) is 59.2 Å². The second-order valence-corrected chi connectivity index (χ2v) is 8.04. The molecule has 0 saturated heterocycles. The van der Waals surface area contributed by atoms with Crippen molar-refractivity contribution < 1.29 is 23.1 Å². The Morgan fingerprint density at radius 1 is 1.04 bits per heavy atom. The van der Waals surface area contributed by atoms with Gasteiger partial charge in [-0.25, -0.2) is 13.2 Å². The minimum absolute atomic E-state index is 0.00575. The summed E-state index contributed by atoms with van der Waals surface area (Å²) in [5.41, 5.74) is 2.68. The Balaban J connectivity index is 2.21. The summed E-state index contributed by atoms with van der Waals surface area (Å²) >= 11 is 0. The first-order chi connectivity index (χ1) is 12.5. The monoisotopic (exact) mass is 390 g/mol. The van der Waals surface area contributed by atoms with Gasteiger partial charge >= 0.3 is 5.97 Å². The molecule has 27 heavy (non-hydrogen) atoms. The van der Waals surface area contributed by atoms with E-state index >= 15 is 0 Å². The molecule has 2 aromatic carbocycles. The number of nitrogens with zero attached hydrogens (tertiary/aromatic N) is 1. The Morgan fingerprint density at radius 3 is 2.15 bits per heavy atom. The molecule has 0 heterocycles. The topological polar surface area (TPSA) is 104 Å². The number of benzene rings is 2. The van der Waals surface area contributed by atoms with Crippen LogP contribution in [0.5, 0.6) is 0 Å². The number of anilines is 1. The van der Waals surface area contributed by atoms with Crippen molar-refractivity contribution >= 4 is 27.6 Å². The normalized spacial score (nSPS) is 12.3. The van der Waals surface area contributed by atoms with E-state index in [1.807, 2.05) is 19.9 Å². The van der Waals surface area contributed by atoms with Gasteiger partial charge in [0.1, 0.15) is 6.04 Å². The zero-order valence-electron chi connectivity index (χ0n) is 15.6. The molecule has 0 radical (unpaired) electrons. The number of hydrogen-bond donors (Lipinski definition) is 2. The van der Waals surface area contributed by atoms with Gasteiger partial charge < -0.3 is 10.0 Å². The predicted molar refractivity (Wildman–Crippen MR) is 102 cm³/mol. The SMILES string of the molecule is Cc1ccc(NS(=O)(=O)c2ccc(C(=O)N(C)C(C)C(=O)O)cc2)cc1C. The molecule has 0 saturated carbocycles. The average Bonchev–Trinajstić information content (AvgIpc) is 2.62. The minimum Gasteiger partial charge on any atom is -0.480 e. The molecule has 0 bridgehead atoms. The Hall–Kier alpha value is -2.87. The highest BCUT2D eigenvalue weighted by Crippen LogP contribution is 2.20. The van der Waals surface area contributed by atoms with Gasteiger partial charge in [-0.3, -0.25) is 9.52 Å². The number of carboxylic acids is 1. The Labute approximate surface area is 158 Å². The van der Waals surface area contributed by atoms with Gasteiger partial charge in [0.2, 0.25) is 0 Å². The molecule has 8 heteroatoms. The summed E-state index contributed by atoms with van der Waals surface area (Å²) in [5, 5.41) is 8.99. The van der Waals surface area contributed by atoms with Crippen LogP contribution in [-0.4, -0.2) is 43.4 Å². The van der Waals surface area contributed by atoms with Crippen molar-refractivity contribution in [2.45, 2.75) is 31.7 Å². The number of sulfonamides is 1. The maximum atomic E-state index is 12.5. The van der Waals surface area contributed by atoms with Crippen LogP contribution in [0.1, 0.15) is 28.4 Å². The summed E-state index contributed by atoms with van der Waals surface area (Å²) in [6, 6.07) is 9.62. The third kappa shape index (κ3) is 4.65. The quantitative estimate of drug-likeness (QED) is 0.789. The van der Waals surface area contributed by atoms with Gasteiger partial charge in [-0.15, -0.1) is 0 Å². The van der Waals surface area contributed by atoms with E-state index in [2.05, 4.69) is 4.72 Å². The number of amides is 1. The number of likely N-dealkylation sites (N-methyl/N-ethyl adjacent to an activating group) is 1. The summed E-state index contributed by atoms with van der Waals surface area (Å²) in [7, 11) is -2.42. The minimum atomic E-state index is -3.80. The number of aliphatic carboxylic acids is 1. The molecular formula is C19H22N2O5S. The largest absolute Gasteiger partial charge is 0.480 e. The Bertz CT molecular complexity index is 968. The highest BCUT2D eigenvalue weighted by molar-refractivity contribution is 7.92. The summed E-state index contributed by atoms with van der Waals surface area (Å²) in [6.07, 6.45) is 0. The maximum Gasteiger partial charge on any atom is 0.326 e. The first-order valence-electron chi connectivity index (χ1n) is 8.23. The van der Waals surface area contributed by atoms with Crippen molar-refractivity contribution in [2.75, 3.05) is 11.8 Å². The molecule has 2 N–H and O–H groups in total. The molecule has 0 aromatic heterocycles. The van der Waals surface area contributed by atoms with Crippen molar-refractivity contribution in [1.82, 2.24) is 4.90 Å². The fourth-order valence-electron chi connectivity index (χ4n) is 2.34. The highest BCUT2D eigenvalue weighted by atomic mass is 32.2. The lowest BCUT2D eigenvalue weighted by Crippen LogP contribution is -2.40. The molecule has 2 aromatic rings. The molecule has 7 nitrogen and oxygen atoms in total. The summed E-state index contributed by atoms with van der Waals surface area (Å²) in [6.45, 7) is 5.22. The maximum absolute atomic E-state index is 12.5. The third-order valence-electron chi connectivity index (χ3n) is 4.43. The molecule has 0 fully saturated rings. The van der Waals surface area contributed by atoms with Crippen LogP contribution in [0, 0.1) is 13.8 Å². The summed E-state index contributed by atoms with van der Waals surface area (Å²) in [4.78, 5) is 24.4. The van der Waals surface area contributed by atoms with Gasteiger partial charge in [0.25, 0.3) is 15.9 Å². The molecule has 0 aliphatic rings. The van der Waals surface area contributed by atoms with E-state index in [9.17, 15) is 18.0 Å². The highest BCUT2D eigenvalue weighted by Gasteiger charge is 2.23. The van der Waals surface area contributed by atoms with Crippen LogP contribution in [0.25, 0.3) is 0 Å². The molecular weight excluding hydrogens is 368 g/mol. The van der Waals surface area contributed by atoms with E-state index in [1.165, 1.54) is 38.2 Å². The zero-order chi connectivity index (χ0) is 20.4. The van der Waals surface area contributed by atoms with Gasteiger partial charge in [-0.2, -0.15) is 0 Å². The lowest BCUT2D eigenvalue weighted by molar-refractivity contribution is -0.141. The van der Waals surface area contributed by atoms with E-state index in [1.54, 1.807) is 12.1 Å². The molecule has 1 amide bonds. The number of aryl methyl sites for hydroxylation is 2. The smallest absolute Gasteiger partial charge is 0.326 e. The number of carbonyl (C=O) groups is 2. The van der Waals surface area contributed by atoms with Crippen molar-refractivity contribution in [1.29, 1.82) is 0 Å². The fourth-order valence-corrected chi connectivity index (χ4v) is 3.39. The number of rotatable bonds is 6. The van der Waals surface area contributed by atoms with Gasteiger partial charge in [0, 0.05) is 18.3 Å². The van der Waals surface area contributed by atoms with Crippen LogP contribution in [0.2, 0.25) is 0 Å². The standard InChI is InChI=1S/C19H22N2O5S/c1-12-5-8-16(11-13(12)2)20-27(25,26)17-9-6-15(7-10-17)18(22)21(4)14(3)19(23)24/h5-11,14,20H,1-4H3,(H,23,24). The molecule has 0 spiro atoms. The summed E-state index contributed by atoms with van der Waals surface area (Å²) in [5.74, 6) is -1.63. The number of carboxylic acid groups (broad SMARTS) is 1. The first-order valence-corrected chi connectivity index (χ1v) is 9.71. The van der Waals surface area contributed by atoms with Gasteiger partial charge in [0.05, 0.1) is 4.90 Å². The number of hydrogen-bond acceptors (Lipinski definition) is 4. The van der Waals surface area contributed by atoms with Crippen molar-refractivity contribution in [2.24, 2.45) is 0 Å². The van der Waals surface area contributed by atoms with Crippen LogP contribution < -0.4 is 4.72 Å². The Kier molecular flexibility index (Phi) is 5.90. The molecule has 144 valence electrons. The van der Waals surface area contributed by atoms with Gasteiger partial charge in [0.15, 0.2) is 0 Å². The predicted octanol–water partition coefficient (Wildman–Crippen LogP) is 2.65. The lowest BCUT2D eigenvalue weighted by Gasteiger charge is -2.21. The summed E-state index contributed by atoms with van der Waals surface area (Å²) < 4.78 is 27.6. The van der Waals surface area contributed by atoms with Crippen LogP contribution >= 0.6 is 0 Å². The van der Waals surface area contributed by atoms with Crippen LogP contribution in [0.4, 0.5) is 5.69 Å². The third-order valence-corrected chi connectivity index (χ3v) is 5.83. The van der Waals surface area contributed by atoms with Crippen LogP contribution in [-0.2, 0) is 14.8 Å². The van der Waals surface area contributed by atoms with Crippen LogP contribution in [0.15, 0.2) is 47.4 Å². The van der Waals surface area contributed by atoms with E-state index in [0.29, 0.717) is 5.69 Å².